The third-order valence-corrected chi connectivity index (χ3v) is 2.98. The lowest BCUT2D eigenvalue weighted by molar-refractivity contribution is -0.138. The summed E-state index contributed by atoms with van der Waals surface area (Å²) in [6, 6.07) is 1.53. The van der Waals surface area contributed by atoms with E-state index in [1.807, 2.05) is 6.92 Å². The Kier molecular flexibility index (Phi) is 4.34. The summed E-state index contributed by atoms with van der Waals surface area (Å²) in [5.41, 5.74) is -0.394. The molecule has 5 nitrogen and oxygen atoms in total. The van der Waals surface area contributed by atoms with Crippen LogP contribution in [-0.4, -0.2) is 22.5 Å². The molecule has 1 aromatic heterocycles. The Bertz CT molecular complexity index is 429. The molecule has 0 saturated heterocycles. The number of hydrogen-bond donors (Lipinski definition) is 2. The first-order valence-electron chi connectivity index (χ1n) is 5.14. The first kappa shape index (κ1) is 13.8. The third kappa shape index (κ3) is 3.89. The number of aliphatic carboxylic acids is 1. The Morgan fingerprint density at radius 1 is 1.59 bits per heavy atom. The van der Waals surface area contributed by atoms with E-state index in [2.05, 4.69) is 21.2 Å². The van der Waals surface area contributed by atoms with Crippen LogP contribution in [0.4, 0.5) is 0 Å². The second-order valence-corrected chi connectivity index (χ2v) is 4.86. The van der Waals surface area contributed by atoms with Gasteiger partial charge in [-0.15, -0.1) is 0 Å². The van der Waals surface area contributed by atoms with Gasteiger partial charge in [0.05, 0.1) is 12.0 Å². The Morgan fingerprint density at radius 3 is 2.65 bits per heavy atom. The highest BCUT2D eigenvalue weighted by Gasteiger charge is 2.28. The SMILES string of the molecule is CCC(C)(CC(=O)O)NC(=O)c1coc(Br)c1. The molecule has 1 atom stereocenters. The van der Waals surface area contributed by atoms with Gasteiger partial charge in [-0.1, -0.05) is 6.92 Å². The molecular weight excluding hydrogens is 290 g/mol. The lowest BCUT2D eigenvalue weighted by atomic mass is 9.94. The standard InChI is InChI=1S/C11H14BrNO4/c1-3-11(2,5-9(14)15)13-10(16)7-4-8(12)17-6-7/h4,6H,3,5H2,1-2H3,(H,13,16)(H,14,15). The van der Waals surface area contributed by atoms with Gasteiger partial charge in [-0.25, -0.2) is 0 Å². The van der Waals surface area contributed by atoms with Gasteiger partial charge in [0.2, 0.25) is 0 Å². The van der Waals surface area contributed by atoms with Gasteiger partial charge in [-0.05, 0) is 29.3 Å². The molecule has 0 aliphatic heterocycles. The van der Waals surface area contributed by atoms with Crippen LogP contribution < -0.4 is 5.32 Å². The van der Waals surface area contributed by atoms with E-state index in [-0.39, 0.29) is 12.3 Å². The number of rotatable bonds is 5. The normalized spacial score (nSPS) is 14.1. The third-order valence-electron chi connectivity index (χ3n) is 2.57. The van der Waals surface area contributed by atoms with E-state index in [1.165, 1.54) is 12.3 Å². The predicted octanol–water partition coefficient (Wildman–Crippen LogP) is 2.42. The topological polar surface area (TPSA) is 79.5 Å². The first-order chi connectivity index (χ1) is 7.86. The van der Waals surface area contributed by atoms with Crippen LogP contribution in [0.1, 0.15) is 37.0 Å². The zero-order valence-corrected chi connectivity index (χ0v) is 11.2. The molecule has 0 spiro atoms. The minimum Gasteiger partial charge on any atom is -0.481 e. The highest BCUT2D eigenvalue weighted by Crippen LogP contribution is 2.18. The van der Waals surface area contributed by atoms with Gasteiger partial charge in [0.15, 0.2) is 4.67 Å². The quantitative estimate of drug-likeness (QED) is 0.875. The Morgan fingerprint density at radius 2 is 2.24 bits per heavy atom. The number of hydrogen-bond acceptors (Lipinski definition) is 3. The van der Waals surface area contributed by atoms with E-state index < -0.39 is 11.5 Å². The highest BCUT2D eigenvalue weighted by atomic mass is 79.9. The predicted molar refractivity (Wildman–Crippen MR) is 64.8 cm³/mol. The minimum absolute atomic E-state index is 0.117. The summed E-state index contributed by atoms with van der Waals surface area (Å²) in [5.74, 6) is -1.28. The van der Waals surface area contributed by atoms with Crippen molar-refractivity contribution in [3.05, 3.63) is 22.6 Å². The van der Waals surface area contributed by atoms with Crippen LogP contribution in [0.5, 0.6) is 0 Å². The largest absolute Gasteiger partial charge is 0.481 e. The second kappa shape index (κ2) is 5.35. The van der Waals surface area contributed by atoms with Crippen molar-refractivity contribution in [1.29, 1.82) is 0 Å². The van der Waals surface area contributed by atoms with Crippen molar-refractivity contribution >= 4 is 27.8 Å². The smallest absolute Gasteiger partial charge is 0.305 e. The number of nitrogens with one attached hydrogen (secondary N) is 1. The molecule has 2 N–H and O–H groups in total. The summed E-state index contributed by atoms with van der Waals surface area (Å²) >= 11 is 3.10. The molecular formula is C11H14BrNO4. The van der Waals surface area contributed by atoms with E-state index in [1.54, 1.807) is 6.92 Å². The van der Waals surface area contributed by atoms with Gasteiger partial charge < -0.3 is 14.8 Å². The zero-order valence-electron chi connectivity index (χ0n) is 9.62. The van der Waals surface area contributed by atoms with Crippen LogP contribution in [0.25, 0.3) is 0 Å². The summed E-state index contributed by atoms with van der Waals surface area (Å²) in [6.45, 7) is 3.53. The molecule has 0 radical (unpaired) electrons. The highest BCUT2D eigenvalue weighted by molar-refractivity contribution is 9.10. The molecule has 1 unspecified atom stereocenters. The summed E-state index contributed by atoms with van der Waals surface area (Å²) in [7, 11) is 0. The fourth-order valence-corrected chi connectivity index (χ4v) is 1.71. The molecule has 0 bridgehead atoms. The van der Waals surface area contributed by atoms with Crippen molar-refractivity contribution in [2.24, 2.45) is 0 Å². The van der Waals surface area contributed by atoms with Crippen LogP contribution in [-0.2, 0) is 4.79 Å². The fraction of sp³-hybridized carbons (Fsp3) is 0.455. The number of amides is 1. The monoisotopic (exact) mass is 303 g/mol. The summed E-state index contributed by atoms with van der Waals surface area (Å²) in [5, 5.41) is 11.5. The van der Waals surface area contributed by atoms with Crippen molar-refractivity contribution in [2.75, 3.05) is 0 Å². The average Bonchev–Trinajstić information content (AvgIpc) is 2.63. The fourth-order valence-electron chi connectivity index (χ4n) is 1.37. The van der Waals surface area contributed by atoms with Gasteiger partial charge in [0, 0.05) is 11.6 Å². The number of carboxylic acids is 1. The molecule has 1 amide bonds. The number of carbonyl (C=O) groups is 2. The van der Waals surface area contributed by atoms with E-state index in [4.69, 9.17) is 9.52 Å². The summed E-state index contributed by atoms with van der Waals surface area (Å²) in [4.78, 5) is 22.5. The zero-order chi connectivity index (χ0) is 13.1. The van der Waals surface area contributed by atoms with Crippen molar-refractivity contribution in [2.45, 2.75) is 32.2 Å². The van der Waals surface area contributed by atoms with Crippen molar-refractivity contribution < 1.29 is 19.1 Å². The molecule has 17 heavy (non-hydrogen) atoms. The van der Waals surface area contributed by atoms with Gasteiger partial charge >= 0.3 is 5.97 Å². The van der Waals surface area contributed by atoms with Gasteiger partial charge in [-0.2, -0.15) is 0 Å². The van der Waals surface area contributed by atoms with Crippen molar-refractivity contribution in [3.8, 4) is 0 Å². The van der Waals surface area contributed by atoms with Crippen molar-refractivity contribution in [3.63, 3.8) is 0 Å². The van der Waals surface area contributed by atoms with E-state index in [0.717, 1.165) is 0 Å². The summed E-state index contributed by atoms with van der Waals surface area (Å²) < 4.78 is 5.41. The van der Waals surface area contributed by atoms with Crippen LogP contribution in [0.3, 0.4) is 0 Å². The Hall–Kier alpha value is -1.30. The Balaban J connectivity index is 2.74. The lowest BCUT2D eigenvalue weighted by Crippen LogP contribution is -2.46. The number of halogens is 1. The molecule has 0 fully saturated rings. The van der Waals surface area contributed by atoms with Gasteiger partial charge in [0.1, 0.15) is 6.26 Å². The molecule has 0 aliphatic carbocycles. The minimum atomic E-state index is -0.942. The summed E-state index contributed by atoms with van der Waals surface area (Å²) in [6.07, 6.45) is 1.73. The number of furan rings is 1. The Labute approximate surface area is 107 Å². The van der Waals surface area contributed by atoms with Crippen LogP contribution in [0.15, 0.2) is 21.4 Å². The van der Waals surface area contributed by atoms with Gasteiger partial charge in [-0.3, -0.25) is 9.59 Å². The molecule has 0 saturated carbocycles. The molecule has 1 aromatic rings. The van der Waals surface area contributed by atoms with E-state index in [0.29, 0.717) is 16.7 Å². The average molecular weight is 304 g/mol. The van der Waals surface area contributed by atoms with Crippen LogP contribution >= 0.6 is 15.9 Å². The first-order valence-corrected chi connectivity index (χ1v) is 5.94. The van der Waals surface area contributed by atoms with E-state index in [9.17, 15) is 9.59 Å². The molecule has 1 rings (SSSR count). The molecule has 0 aromatic carbocycles. The maximum absolute atomic E-state index is 11.8. The number of carboxylic acid groups (broad SMARTS) is 1. The van der Waals surface area contributed by atoms with Crippen molar-refractivity contribution in [1.82, 2.24) is 5.32 Å². The maximum Gasteiger partial charge on any atom is 0.305 e. The molecule has 6 heteroatoms. The maximum atomic E-state index is 11.8. The van der Waals surface area contributed by atoms with Crippen LogP contribution in [0, 0.1) is 0 Å². The van der Waals surface area contributed by atoms with Crippen LogP contribution in [0.2, 0.25) is 0 Å². The van der Waals surface area contributed by atoms with Gasteiger partial charge in [0.25, 0.3) is 5.91 Å². The second-order valence-electron chi connectivity index (χ2n) is 4.08. The molecule has 1 heterocycles. The van der Waals surface area contributed by atoms with E-state index >= 15 is 0 Å². The number of carbonyl (C=O) groups excluding carboxylic acids is 1. The lowest BCUT2D eigenvalue weighted by Gasteiger charge is -2.27. The molecule has 0 aliphatic rings. The molecule has 94 valence electrons.